The maximum absolute atomic E-state index is 11.3. The number of ketones is 3. The molecule has 0 N–H and O–H groups in total. The fourth-order valence-corrected chi connectivity index (χ4v) is 1.87. The van der Waals surface area contributed by atoms with Crippen molar-refractivity contribution in [2.75, 3.05) is 0 Å². The third-order valence-corrected chi connectivity index (χ3v) is 3.21. The first-order valence-electron chi connectivity index (χ1n) is 6.32. The van der Waals surface area contributed by atoms with E-state index in [1.54, 1.807) is 0 Å². The molecule has 0 aliphatic rings. The Morgan fingerprint density at radius 2 is 1.11 bits per heavy atom. The fourth-order valence-electron chi connectivity index (χ4n) is 1.87. The minimum atomic E-state index is -1.34. The van der Waals surface area contributed by atoms with Crippen molar-refractivity contribution >= 4 is 17.3 Å². The SMILES string of the molecule is CC(=O)CCC(CCC(C)=O)(CCC(C)=O)[N+](=O)[O-]. The van der Waals surface area contributed by atoms with Gasteiger partial charge in [-0.1, -0.05) is 0 Å². The number of rotatable bonds is 10. The summed E-state index contributed by atoms with van der Waals surface area (Å²) in [7, 11) is 0. The monoisotopic (exact) mass is 271 g/mol. The summed E-state index contributed by atoms with van der Waals surface area (Å²) in [4.78, 5) is 44.0. The van der Waals surface area contributed by atoms with Crippen molar-refractivity contribution in [2.24, 2.45) is 0 Å². The molecule has 0 aliphatic carbocycles. The number of Topliss-reactive ketones (excluding diaryl/α,β-unsaturated/α-hetero) is 3. The summed E-state index contributed by atoms with van der Waals surface area (Å²) in [5, 5.41) is 11.3. The molecule has 0 spiro atoms. The van der Waals surface area contributed by atoms with Crippen LogP contribution >= 0.6 is 0 Å². The van der Waals surface area contributed by atoms with E-state index in [2.05, 4.69) is 0 Å². The van der Waals surface area contributed by atoms with E-state index in [1.165, 1.54) is 20.8 Å². The zero-order valence-corrected chi connectivity index (χ0v) is 11.7. The van der Waals surface area contributed by atoms with Gasteiger partial charge in [0, 0.05) is 43.4 Å². The molecule has 0 heterocycles. The summed E-state index contributed by atoms with van der Waals surface area (Å²) < 4.78 is 0. The number of nitro groups is 1. The molecule has 0 aromatic rings. The molecule has 0 fully saturated rings. The second-order valence-corrected chi connectivity index (χ2v) is 5.09. The standard InChI is InChI=1S/C13H21NO5/c1-10(15)4-7-13(14(18)19,8-5-11(2)16)9-6-12(3)17/h4-9H2,1-3H3. The number of nitrogens with zero attached hydrogens (tertiary/aromatic N) is 1. The van der Waals surface area contributed by atoms with Crippen LogP contribution in [-0.2, 0) is 14.4 Å². The molecule has 0 aromatic carbocycles. The van der Waals surface area contributed by atoms with Crippen molar-refractivity contribution in [2.45, 2.75) is 64.8 Å². The van der Waals surface area contributed by atoms with Gasteiger partial charge in [-0.3, -0.25) is 10.1 Å². The van der Waals surface area contributed by atoms with E-state index in [9.17, 15) is 24.5 Å². The van der Waals surface area contributed by atoms with Crippen molar-refractivity contribution in [1.82, 2.24) is 0 Å². The van der Waals surface area contributed by atoms with E-state index in [1.807, 2.05) is 0 Å². The number of hydrogen-bond acceptors (Lipinski definition) is 5. The quantitative estimate of drug-likeness (QED) is 0.448. The Bertz CT molecular complexity index is 330. The van der Waals surface area contributed by atoms with Gasteiger partial charge >= 0.3 is 0 Å². The van der Waals surface area contributed by atoms with E-state index >= 15 is 0 Å². The molecule has 0 aromatic heterocycles. The molecule has 0 bridgehead atoms. The zero-order chi connectivity index (χ0) is 15.1. The molecule has 0 unspecified atom stereocenters. The van der Waals surface area contributed by atoms with Crippen LogP contribution < -0.4 is 0 Å². The second-order valence-electron chi connectivity index (χ2n) is 5.09. The summed E-state index contributed by atoms with van der Waals surface area (Å²) in [5.41, 5.74) is -1.34. The predicted molar refractivity (Wildman–Crippen MR) is 69.5 cm³/mol. The third-order valence-electron chi connectivity index (χ3n) is 3.21. The zero-order valence-electron chi connectivity index (χ0n) is 11.7. The van der Waals surface area contributed by atoms with Crippen LogP contribution in [0.3, 0.4) is 0 Å². The van der Waals surface area contributed by atoms with Crippen LogP contribution in [-0.4, -0.2) is 27.8 Å². The number of hydrogen-bond donors (Lipinski definition) is 0. The van der Waals surface area contributed by atoms with Crippen LogP contribution in [0.2, 0.25) is 0 Å². The van der Waals surface area contributed by atoms with E-state index in [-0.39, 0.29) is 55.9 Å². The van der Waals surface area contributed by atoms with Crippen molar-refractivity contribution in [3.8, 4) is 0 Å². The van der Waals surface area contributed by atoms with Crippen LogP contribution in [0.25, 0.3) is 0 Å². The molecule has 0 atom stereocenters. The van der Waals surface area contributed by atoms with Crippen LogP contribution in [0.15, 0.2) is 0 Å². The van der Waals surface area contributed by atoms with Crippen LogP contribution in [0.1, 0.15) is 59.3 Å². The molecular formula is C13H21NO5. The van der Waals surface area contributed by atoms with Gasteiger partial charge in [-0.2, -0.15) is 0 Å². The van der Waals surface area contributed by atoms with Gasteiger partial charge in [-0.05, 0) is 20.8 Å². The highest BCUT2D eigenvalue weighted by Gasteiger charge is 2.42. The minimum absolute atomic E-state index is 0.0793. The first-order chi connectivity index (χ1) is 8.69. The molecule has 0 aliphatic heterocycles. The fraction of sp³-hybridized carbons (Fsp3) is 0.769. The van der Waals surface area contributed by atoms with Crippen molar-refractivity contribution in [1.29, 1.82) is 0 Å². The van der Waals surface area contributed by atoms with Gasteiger partial charge in [0.05, 0.1) is 0 Å². The molecule has 108 valence electrons. The van der Waals surface area contributed by atoms with Gasteiger partial charge in [-0.15, -0.1) is 0 Å². The summed E-state index contributed by atoms with van der Waals surface area (Å²) in [6.07, 6.45) is 0.520. The van der Waals surface area contributed by atoms with Crippen LogP contribution in [0.4, 0.5) is 0 Å². The maximum atomic E-state index is 11.3. The Hall–Kier alpha value is -1.59. The Labute approximate surface area is 112 Å². The first-order valence-corrected chi connectivity index (χ1v) is 6.32. The molecule has 0 saturated heterocycles. The van der Waals surface area contributed by atoms with Crippen molar-refractivity contribution < 1.29 is 19.3 Å². The lowest BCUT2D eigenvalue weighted by atomic mass is 9.83. The van der Waals surface area contributed by atoms with Gasteiger partial charge in [-0.25, -0.2) is 0 Å². The van der Waals surface area contributed by atoms with E-state index in [4.69, 9.17) is 0 Å². The smallest absolute Gasteiger partial charge is 0.223 e. The lowest BCUT2D eigenvalue weighted by Crippen LogP contribution is -2.39. The van der Waals surface area contributed by atoms with E-state index in [0.717, 1.165) is 0 Å². The average Bonchev–Trinajstić information content (AvgIpc) is 2.27. The van der Waals surface area contributed by atoms with Crippen LogP contribution in [0, 0.1) is 10.1 Å². The Balaban J connectivity index is 4.97. The topological polar surface area (TPSA) is 94.3 Å². The molecule has 0 amide bonds. The highest BCUT2D eigenvalue weighted by molar-refractivity contribution is 5.77. The predicted octanol–water partition coefficient (Wildman–Crippen LogP) is 2.11. The molecular weight excluding hydrogens is 250 g/mol. The third kappa shape index (κ3) is 6.79. The minimum Gasteiger partial charge on any atom is -0.300 e. The average molecular weight is 271 g/mol. The van der Waals surface area contributed by atoms with Crippen LogP contribution in [0.5, 0.6) is 0 Å². The molecule has 0 rings (SSSR count). The molecule has 0 saturated carbocycles. The Morgan fingerprint density at radius 3 is 1.26 bits per heavy atom. The lowest BCUT2D eigenvalue weighted by molar-refractivity contribution is -0.573. The molecule has 6 heteroatoms. The number of carbonyl (C=O) groups is 3. The van der Waals surface area contributed by atoms with Gasteiger partial charge < -0.3 is 14.4 Å². The van der Waals surface area contributed by atoms with Gasteiger partial charge in [0.25, 0.3) is 0 Å². The Morgan fingerprint density at radius 1 is 0.842 bits per heavy atom. The number of carbonyl (C=O) groups excluding carboxylic acids is 3. The second kappa shape index (κ2) is 7.76. The van der Waals surface area contributed by atoms with E-state index in [0.29, 0.717) is 0 Å². The summed E-state index contributed by atoms with van der Waals surface area (Å²) in [6, 6.07) is 0. The largest absolute Gasteiger partial charge is 0.300 e. The maximum Gasteiger partial charge on any atom is 0.223 e. The first kappa shape index (κ1) is 17.4. The summed E-state index contributed by atoms with van der Waals surface area (Å²) >= 11 is 0. The molecule has 0 radical (unpaired) electrons. The normalized spacial score (nSPS) is 11.1. The summed E-state index contributed by atoms with van der Waals surface area (Å²) in [6.45, 7) is 4.13. The van der Waals surface area contributed by atoms with Gasteiger partial charge in [0.1, 0.15) is 17.3 Å². The molecule has 6 nitrogen and oxygen atoms in total. The van der Waals surface area contributed by atoms with Crippen molar-refractivity contribution in [3.63, 3.8) is 0 Å². The summed E-state index contributed by atoms with van der Waals surface area (Å²) in [5.74, 6) is -0.384. The Kier molecular flexibility index (Phi) is 7.11. The van der Waals surface area contributed by atoms with E-state index < -0.39 is 10.5 Å². The highest BCUT2D eigenvalue weighted by atomic mass is 16.6. The van der Waals surface area contributed by atoms with Gasteiger partial charge in [0.2, 0.25) is 5.54 Å². The molecule has 19 heavy (non-hydrogen) atoms. The van der Waals surface area contributed by atoms with Gasteiger partial charge in [0.15, 0.2) is 0 Å². The van der Waals surface area contributed by atoms with Crippen molar-refractivity contribution in [3.05, 3.63) is 10.1 Å². The highest BCUT2D eigenvalue weighted by Crippen LogP contribution is 2.29. The lowest BCUT2D eigenvalue weighted by Gasteiger charge is -2.24.